The average Bonchev–Trinajstić information content (AvgIpc) is 2.49. The van der Waals surface area contributed by atoms with Gasteiger partial charge in [-0.2, -0.15) is 13.2 Å². The first-order valence-electron chi connectivity index (χ1n) is 6.67. The van der Waals surface area contributed by atoms with E-state index in [1.807, 2.05) is 0 Å². The molecule has 1 atom stereocenters. The Balaban J connectivity index is 0.00000529. The molecule has 0 spiro atoms. The van der Waals surface area contributed by atoms with Gasteiger partial charge in [-0.1, -0.05) is 0 Å². The van der Waals surface area contributed by atoms with E-state index in [1.165, 1.54) is 0 Å². The Morgan fingerprint density at radius 1 is 1.21 bits per heavy atom. The molecule has 3 N–H and O–H groups in total. The molecule has 0 heterocycles. The number of amides is 1. The molecule has 11 heteroatoms. The highest BCUT2D eigenvalue weighted by atomic mass is 35.5. The van der Waals surface area contributed by atoms with E-state index in [0.717, 1.165) is 24.3 Å². The molecule has 0 saturated heterocycles. The first-order valence-corrected chi connectivity index (χ1v) is 8.15. The Morgan fingerprint density at radius 2 is 1.75 bits per heavy atom. The molecule has 0 radical (unpaired) electrons. The van der Waals surface area contributed by atoms with Crippen molar-refractivity contribution in [3.8, 4) is 0 Å². The molecule has 0 aromatic heterocycles. The number of hydrogen-bond donors (Lipinski definition) is 3. The lowest BCUT2D eigenvalue weighted by atomic mass is 10.2. The molecule has 24 heavy (non-hydrogen) atoms. The van der Waals surface area contributed by atoms with Gasteiger partial charge in [-0.05, 0) is 38.2 Å². The van der Waals surface area contributed by atoms with Gasteiger partial charge in [0.1, 0.15) is 6.54 Å². The van der Waals surface area contributed by atoms with Crippen LogP contribution in [0.1, 0.15) is 17.3 Å². The maximum atomic E-state index is 12.0. The van der Waals surface area contributed by atoms with Crippen LogP contribution in [0.3, 0.4) is 0 Å². The van der Waals surface area contributed by atoms with Crippen LogP contribution in [0.25, 0.3) is 0 Å². The number of alkyl halides is 3. The summed E-state index contributed by atoms with van der Waals surface area (Å²) in [6.07, 6.45) is -4.51. The Kier molecular flexibility index (Phi) is 8.69. The standard InChI is InChI=1S/C13H18F3N3O3S.ClH/c1-9(17-2)7-19-23(21,22)11-5-3-10(4-6-11)12(20)18-8-13(14,15)16;/h3-6,9,17,19H,7-8H2,1-2H3,(H,18,20);1H. The van der Waals surface area contributed by atoms with Gasteiger partial charge in [-0.15, -0.1) is 12.4 Å². The summed E-state index contributed by atoms with van der Waals surface area (Å²) in [4.78, 5) is 11.4. The van der Waals surface area contributed by atoms with Crippen LogP contribution in [0.5, 0.6) is 0 Å². The van der Waals surface area contributed by atoms with Gasteiger partial charge in [0, 0.05) is 18.2 Å². The van der Waals surface area contributed by atoms with E-state index < -0.39 is 28.7 Å². The molecule has 0 fully saturated rings. The summed E-state index contributed by atoms with van der Waals surface area (Å²) < 4.78 is 62.5. The van der Waals surface area contributed by atoms with E-state index in [4.69, 9.17) is 0 Å². The summed E-state index contributed by atoms with van der Waals surface area (Å²) in [6.45, 7) is 0.513. The van der Waals surface area contributed by atoms with Crippen LogP contribution in [0.4, 0.5) is 13.2 Å². The van der Waals surface area contributed by atoms with Crippen LogP contribution in [0.2, 0.25) is 0 Å². The number of hydrogen-bond acceptors (Lipinski definition) is 4. The average molecular weight is 390 g/mol. The zero-order chi connectivity index (χ0) is 17.7. The highest BCUT2D eigenvalue weighted by molar-refractivity contribution is 7.89. The monoisotopic (exact) mass is 389 g/mol. The minimum atomic E-state index is -4.51. The second-order valence-corrected chi connectivity index (χ2v) is 6.63. The van der Waals surface area contributed by atoms with Crippen LogP contribution in [-0.4, -0.2) is 46.7 Å². The smallest absolute Gasteiger partial charge is 0.343 e. The number of carbonyl (C=O) groups excluding carboxylic acids is 1. The third-order valence-electron chi connectivity index (χ3n) is 2.95. The molecule has 138 valence electrons. The summed E-state index contributed by atoms with van der Waals surface area (Å²) in [5.41, 5.74) is -0.0585. The number of benzene rings is 1. The molecule has 1 rings (SSSR count). The Labute approximate surface area is 144 Å². The van der Waals surface area contributed by atoms with Crippen LogP contribution < -0.4 is 15.4 Å². The number of carbonyl (C=O) groups is 1. The summed E-state index contributed by atoms with van der Waals surface area (Å²) in [6, 6.07) is 4.56. The fourth-order valence-electron chi connectivity index (χ4n) is 1.49. The quantitative estimate of drug-likeness (QED) is 0.655. The van der Waals surface area contributed by atoms with Gasteiger partial charge in [0.15, 0.2) is 0 Å². The maximum absolute atomic E-state index is 12.0. The van der Waals surface area contributed by atoms with E-state index in [-0.39, 0.29) is 35.5 Å². The Morgan fingerprint density at radius 3 is 2.21 bits per heavy atom. The summed E-state index contributed by atoms with van der Waals surface area (Å²) >= 11 is 0. The first kappa shape index (κ1) is 22.6. The van der Waals surface area contributed by atoms with Crippen molar-refractivity contribution in [2.45, 2.75) is 24.0 Å². The minimum Gasteiger partial charge on any atom is -0.343 e. The van der Waals surface area contributed by atoms with Gasteiger partial charge >= 0.3 is 6.18 Å². The molecule has 0 aliphatic carbocycles. The molecule has 1 unspecified atom stereocenters. The Hall–Kier alpha value is -1.36. The molecule has 1 aromatic carbocycles. The highest BCUT2D eigenvalue weighted by Crippen LogP contribution is 2.14. The first-order chi connectivity index (χ1) is 10.5. The van der Waals surface area contributed by atoms with Crippen molar-refractivity contribution in [3.05, 3.63) is 29.8 Å². The van der Waals surface area contributed by atoms with Crippen LogP contribution >= 0.6 is 12.4 Å². The molecule has 1 aromatic rings. The number of rotatable bonds is 7. The largest absolute Gasteiger partial charge is 0.405 e. The number of nitrogens with one attached hydrogen (secondary N) is 3. The summed E-state index contributed by atoms with van der Waals surface area (Å²) in [5, 5.41) is 4.57. The lowest BCUT2D eigenvalue weighted by Gasteiger charge is -2.12. The summed E-state index contributed by atoms with van der Waals surface area (Å²) in [7, 11) is -2.06. The van der Waals surface area contributed by atoms with Gasteiger partial charge < -0.3 is 10.6 Å². The number of likely N-dealkylation sites (N-methyl/N-ethyl adjacent to an activating group) is 1. The maximum Gasteiger partial charge on any atom is 0.405 e. The van der Waals surface area contributed by atoms with E-state index in [1.54, 1.807) is 19.3 Å². The van der Waals surface area contributed by atoms with Crippen LogP contribution in [0, 0.1) is 0 Å². The zero-order valence-electron chi connectivity index (χ0n) is 13.0. The van der Waals surface area contributed by atoms with Gasteiger partial charge in [-0.3, -0.25) is 4.79 Å². The van der Waals surface area contributed by atoms with Gasteiger partial charge in [0.2, 0.25) is 10.0 Å². The Bertz CT molecular complexity index is 636. The lowest BCUT2D eigenvalue weighted by molar-refractivity contribution is -0.123. The zero-order valence-corrected chi connectivity index (χ0v) is 14.6. The fraction of sp³-hybridized carbons (Fsp3) is 0.462. The molecule has 1 amide bonds. The molecular weight excluding hydrogens is 371 g/mol. The van der Waals surface area contributed by atoms with Crippen molar-refractivity contribution in [2.24, 2.45) is 0 Å². The van der Waals surface area contributed by atoms with Crippen LogP contribution in [-0.2, 0) is 10.0 Å². The van der Waals surface area contributed by atoms with E-state index >= 15 is 0 Å². The predicted molar refractivity (Wildman–Crippen MR) is 85.8 cm³/mol. The van der Waals surface area contributed by atoms with Crippen molar-refractivity contribution in [1.82, 2.24) is 15.4 Å². The van der Waals surface area contributed by atoms with Crippen molar-refractivity contribution in [2.75, 3.05) is 20.1 Å². The van der Waals surface area contributed by atoms with Crippen molar-refractivity contribution in [1.29, 1.82) is 0 Å². The molecule has 0 aliphatic rings. The van der Waals surface area contributed by atoms with E-state index in [9.17, 15) is 26.4 Å². The van der Waals surface area contributed by atoms with Crippen molar-refractivity contribution < 1.29 is 26.4 Å². The van der Waals surface area contributed by atoms with Crippen LogP contribution in [0.15, 0.2) is 29.2 Å². The fourth-order valence-corrected chi connectivity index (χ4v) is 2.62. The second-order valence-electron chi connectivity index (χ2n) is 4.86. The SMILES string of the molecule is CNC(C)CNS(=O)(=O)c1ccc(C(=O)NCC(F)(F)F)cc1.Cl. The number of halogens is 4. The second kappa shape index (κ2) is 9.21. The lowest BCUT2D eigenvalue weighted by Crippen LogP contribution is -2.37. The molecule has 0 aliphatic heterocycles. The number of sulfonamides is 1. The van der Waals surface area contributed by atoms with Crippen molar-refractivity contribution in [3.63, 3.8) is 0 Å². The van der Waals surface area contributed by atoms with E-state index in [2.05, 4.69) is 10.0 Å². The summed E-state index contributed by atoms with van der Waals surface area (Å²) in [5.74, 6) is -0.928. The molecular formula is C13H19ClF3N3O3S. The third-order valence-corrected chi connectivity index (χ3v) is 4.39. The highest BCUT2D eigenvalue weighted by Gasteiger charge is 2.28. The predicted octanol–water partition coefficient (Wildman–Crippen LogP) is 1.29. The minimum absolute atomic E-state index is 0. The third kappa shape index (κ3) is 7.47. The van der Waals surface area contributed by atoms with Gasteiger partial charge in [0.05, 0.1) is 4.90 Å². The topological polar surface area (TPSA) is 87.3 Å². The molecule has 6 nitrogen and oxygen atoms in total. The molecule has 0 bridgehead atoms. The normalized spacial score (nSPS) is 13.0. The molecule has 0 saturated carbocycles. The van der Waals surface area contributed by atoms with Gasteiger partial charge in [0.25, 0.3) is 5.91 Å². The van der Waals surface area contributed by atoms with E-state index in [0.29, 0.717) is 0 Å². The van der Waals surface area contributed by atoms with Crippen molar-refractivity contribution >= 4 is 28.3 Å². The van der Waals surface area contributed by atoms with Gasteiger partial charge in [-0.25, -0.2) is 13.1 Å².